The van der Waals surface area contributed by atoms with E-state index in [-0.39, 0.29) is 30.1 Å². The van der Waals surface area contributed by atoms with E-state index in [4.69, 9.17) is 4.74 Å². The summed E-state index contributed by atoms with van der Waals surface area (Å²) < 4.78 is 28.9. The molecule has 2 aromatic rings. The van der Waals surface area contributed by atoms with Gasteiger partial charge in [0.1, 0.15) is 0 Å². The minimum absolute atomic E-state index is 0.0142. The first kappa shape index (κ1) is 20.3. The van der Waals surface area contributed by atoms with E-state index in [2.05, 4.69) is 0 Å². The highest BCUT2D eigenvalue weighted by atomic mass is 32.2. The second-order valence-corrected chi connectivity index (χ2v) is 9.33. The predicted molar refractivity (Wildman–Crippen MR) is 108 cm³/mol. The highest BCUT2D eigenvalue weighted by Crippen LogP contribution is 2.21. The molecule has 1 heterocycles. The number of carbonyl (C=O) groups is 2. The minimum Gasteiger partial charge on any atom is -0.452 e. The Morgan fingerprint density at radius 3 is 2.61 bits per heavy atom. The molecule has 28 heavy (non-hydrogen) atoms. The van der Waals surface area contributed by atoms with Crippen molar-refractivity contribution in [2.75, 3.05) is 24.7 Å². The second kappa shape index (κ2) is 8.73. The number of unbranched alkanes of at least 4 members (excludes halogenated alkanes) is 1. The molecule has 7 heteroatoms. The molecule has 0 radical (unpaired) electrons. The molecule has 0 bridgehead atoms. The summed E-state index contributed by atoms with van der Waals surface area (Å²) in [7, 11) is -3.10. The van der Waals surface area contributed by atoms with Gasteiger partial charge >= 0.3 is 5.97 Å². The summed E-state index contributed by atoms with van der Waals surface area (Å²) >= 11 is 0. The van der Waals surface area contributed by atoms with Crippen molar-refractivity contribution in [1.82, 2.24) is 4.90 Å². The van der Waals surface area contributed by atoms with Crippen LogP contribution >= 0.6 is 0 Å². The van der Waals surface area contributed by atoms with E-state index >= 15 is 0 Å². The summed E-state index contributed by atoms with van der Waals surface area (Å²) in [6.07, 6.45) is 2.10. The number of carbonyl (C=O) groups excluding carboxylic acids is 2. The van der Waals surface area contributed by atoms with Crippen LogP contribution in [0.2, 0.25) is 0 Å². The molecule has 6 nitrogen and oxygen atoms in total. The molecule has 0 unspecified atom stereocenters. The lowest BCUT2D eigenvalue weighted by Crippen LogP contribution is -2.43. The quantitative estimate of drug-likeness (QED) is 0.664. The van der Waals surface area contributed by atoms with Crippen LogP contribution in [0.4, 0.5) is 0 Å². The van der Waals surface area contributed by atoms with Gasteiger partial charge in [0.05, 0.1) is 17.1 Å². The molecule has 3 rings (SSSR count). The zero-order chi connectivity index (χ0) is 20.1. The van der Waals surface area contributed by atoms with Crippen molar-refractivity contribution in [1.29, 1.82) is 0 Å². The molecular weight excluding hydrogens is 378 g/mol. The van der Waals surface area contributed by atoms with E-state index in [1.54, 1.807) is 17.0 Å². The number of rotatable bonds is 7. The molecular formula is C21H25NO5S. The third kappa shape index (κ3) is 4.70. The Labute approximate surface area is 165 Å². The summed E-state index contributed by atoms with van der Waals surface area (Å²) in [5, 5.41) is 1.69. The molecule has 1 atom stereocenters. The van der Waals surface area contributed by atoms with Crippen molar-refractivity contribution in [3.05, 3.63) is 48.0 Å². The average Bonchev–Trinajstić information content (AvgIpc) is 3.05. The summed E-state index contributed by atoms with van der Waals surface area (Å²) in [5.41, 5.74) is 0.412. The first-order valence-corrected chi connectivity index (χ1v) is 11.4. The van der Waals surface area contributed by atoms with Crippen LogP contribution in [0.3, 0.4) is 0 Å². The number of sulfone groups is 1. The molecule has 2 aromatic carbocycles. The van der Waals surface area contributed by atoms with Gasteiger partial charge in [-0.1, -0.05) is 49.7 Å². The summed E-state index contributed by atoms with van der Waals surface area (Å²) in [6.45, 7) is 2.10. The van der Waals surface area contributed by atoms with Gasteiger partial charge in [0.15, 0.2) is 16.4 Å². The van der Waals surface area contributed by atoms with Crippen LogP contribution in [-0.2, 0) is 19.4 Å². The average molecular weight is 404 g/mol. The Kier molecular flexibility index (Phi) is 6.34. The highest BCUT2D eigenvalue weighted by molar-refractivity contribution is 7.91. The summed E-state index contributed by atoms with van der Waals surface area (Å²) in [5.74, 6) is -0.813. The van der Waals surface area contributed by atoms with E-state index in [1.807, 2.05) is 37.3 Å². The van der Waals surface area contributed by atoms with E-state index in [9.17, 15) is 18.0 Å². The van der Waals surface area contributed by atoms with Crippen LogP contribution in [0.1, 0.15) is 36.5 Å². The van der Waals surface area contributed by atoms with Crippen LogP contribution < -0.4 is 0 Å². The molecule has 1 fully saturated rings. The number of hydrogen-bond acceptors (Lipinski definition) is 5. The number of hydrogen-bond donors (Lipinski definition) is 0. The first-order valence-electron chi connectivity index (χ1n) is 9.56. The molecule has 0 spiro atoms. The molecule has 0 aliphatic carbocycles. The van der Waals surface area contributed by atoms with Gasteiger partial charge in [0.2, 0.25) is 0 Å². The Morgan fingerprint density at radius 1 is 1.14 bits per heavy atom. The van der Waals surface area contributed by atoms with Crippen LogP contribution in [0.25, 0.3) is 10.8 Å². The monoisotopic (exact) mass is 403 g/mol. The molecule has 1 aliphatic heterocycles. The Balaban J connectivity index is 1.68. The lowest BCUT2D eigenvalue weighted by atomic mass is 10.1. The van der Waals surface area contributed by atoms with Crippen LogP contribution in [0, 0.1) is 0 Å². The maximum Gasteiger partial charge on any atom is 0.339 e. The number of esters is 1. The fourth-order valence-corrected chi connectivity index (χ4v) is 5.28. The highest BCUT2D eigenvalue weighted by Gasteiger charge is 2.34. The van der Waals surface area contributed by atoms with Crippen molar-refractivity contribution >= 4 is 32.5 Å². The number of amides is 1. The standard InChI is InChI=1S/C21H25NO5S/c1-2-3-12-22(17-11-13-28(25,26)15-17)20(23)14-27-21(24)19-10-6-8-16-7-4-5-9-18(16)19/h4-10,17H,2-3,11-15H2,1H3/t17-/m1/s1. The van der Waals surface area contributed by atoms with Crippen LogP contribution in [0.5, 0.6) is 0 Å². The minimum atomic E-state index is -3.10. The molecule has 1 saturated heterocycles. The van der Waals surface area contributed by atoms with Crippen molar-refractivity contribution in [3.8, 4) is 0 Å². The second-order valence-electron chi connectivity index (χ2n) is 7.10. The fourth-order valence-electron chi connectivity index (χ4n) is 3.55. The van der Waals surface area contributed by atoms with Gasteiger partial charge in [-0.3, -0.25) is 4.79 Å². The SMILES string of the molecule is CCCCN(C(=O)COC(=O)c1cccc2ccccc12)[C@@H]1CCS(=O)(=O)C1. The maximum absolute atomic E-state index is 12.7. The summed E-state index contributed by atoms with van der Waals surface area (Å²) in [6, 6.07) is 12.5. The van der Waals surface area contributed by atoms with Gasteiger partial charge in [-0.15, -0.1) is 0 Å². The van der Waals surface area contributed by atoms with E-state index in [0.717, 1.165) is 23.6 Å². The van der Waals surface area contributed by atoms with Gasteiger partial charge in [-0.25, -0.2) is 13.2 Å². The van der Waals surface area contributed by atoms with Gasteiger partial charge in [0.25, 0.3) is 5.91 Å². The topological polar surface area (TPSA) is 80.8 Å². The van der Waals surface area contributed by atoms with E-state index in [0.29, 0.717) is 18.5 Å². The van der Waals surface area contributed by atoms with Crippen LogP contribution in [-0.4, -0.2) is 55.9 Å². The Hall–Kier alpha value is -2.41. The smallest absolute Gasteiger partial charge is 0.339 e. The number of fused-ring (bicyclic) bond motifs is 1. The molecule has 1 amide bonds. The maximum atomic E-state index is 12.7. The van der Waals surface area contributed by atoms with Crippen molar-refractivity contribution in [2.45, 2.75) is 32.2 Å². The molecule has 150 valence electrons. The molecule has 0 aromatic heterocycles. The van der Waals surface area contributed by atoms with Gasteiger partial charge in [-0.2, -0.15) is 0 Å². The predicted octanol–water partition coefficient (Wildman–Crippen LogP) is 2.81. The Morgan fingerprint density at radius 2 is 1.89 bits per heavy atom. The zero-order valence-electron chi connectivity index (χ0n) is 16.0. The Bertz CT molecular complexity index is 964. The third-order valence-electron chi connectivity index (χ3n) is 5.06. The largest absolute Gasteiger partial charge is 0.452 e. The van der Waals surface area contributed by atoms with Crippen molar-refractivity contribution < 1.29 is 22.7 Å². The fraction of sp³-hybridized carbons (Fsp3) is 0.429. The van der Waals surface area contributed by atoms with Gasteiger partial charge < -0.3 is 9.64 Å². The summed E-state index contributed by atoms with van der Waals surface area (Å²) in [4.78, 5) is 26.8. The molecule has 0 saturated carbocycles. The number of benzene rings is 2. The normalized spacial score (nSPS) is 18.1. The number of ether oxygens (including phenoxy) is 1. The lowest BCUT2D eigenvalue weighted by molar-refractivity contribution is -0.136. The van der Waals surface area contributed by atoms with E-state index in [1.165, 1.54) is 0 Å². The van der Waals surface area contributed by atoms with Crippen molar-refractivity contribution in [3.63, 3.8) is 0 Å². The number of nitrogens with zero attached hydrogens (tertiary/aromatic N) is 1. The van der Waals surface area contributed by atoms with Gasteiger partial charge in [-0.05, 0) is 29.7 Å². The lowest BCUT2D eigenvalue weighted by Gasteiger charge is -2.28. The zero-order valence-corrected chi connectivity index (χ0v) is 16.8. The first-order chi connectivity index (χ1) is 13.4. The van der Waals surface area contributed by atoms with E-state index < -0.39 is 15.8 Å². The van der Waals surface area contributed by atoms with Crippen LogP contribution in [0.15, 0.2) is 42.5 Å². The third-order valence-corrected chi connectivity index (χ3v) is 6.81. The van der Waals surface area contributed by atoms with Gasteiger partial charge in [0, 0.05) is 12.6 Å². The molecule has 1 aliphatic rings. The van der Waals surface area contributed by atoms with Crippen molar-refractivity contribution in [2.24, 2.45) is 0 Å². The molecule has 0 N–H and O–H groups in total.